The van der Waals surface area contributed by atoms with Gasteiger partial charge in [-0.05, 0) is 42.4 Å². The van der Waals surface area contributed by atoms with Crippen LogP contribution in [0, 0.1) is 23.7 Å². The maximum Gasteiger partial charge on any atom is 0.226 e. The predicted octanol–water partition coefficient (Wildman–Crippen LogP) is 2.12. The van der Waals surface area contributed by atoms with Crippen LogP contribution in [-0.2, 0) is 20.9 Å². The minimum atomic E-state index is 0.244. The highest BCUT2D eigenvalue weighted by Crippen LogP contribution is 2.42. The van der Waals surface area contributed by atoms with E-state index in [2.05, 4.69) is 11.9 Å². The van der Waals surface area contributed by atoms with E-state index >= 15 is 0 Å². The second-order valence-electron chi connectivity index (χ2n) is 7.56. The molecule has 0 radical (unpaired) electrons. The fourth-order valence-electron chi connectivity index (χ4n) is 4.08. The molecule has 1 aliphatic carbocycles. The summed E-state index contributed by atoms with van der Waals surface area (Å²) in [5.41, 5.74) is 1.15. The summed E-state index contributed by atoms with van der Waals surface area (Å²) in [5, 5.41) is 0. The third-order valence-electron chi connectivity index (χ3n) is 5.83. The molecule has 130 valence electrons. The first kappa shape index (κ1) is 16.0. The first-order chi connectivity index (χ1) is 11.7. The first-order valence-corrected chi connectivity index (χ1v) is 9.09. The number of hydrogen-bond acceptors (Lipinski definition) is 4. The Hall–Kier alpha value is -1.46. The Morgan fingerprint density at radius 1 is 1.38 bits per heavy atom. The molecule has 3 aliphatic rings. The molecular weight excluding hydrogens is 304 g/mol. The van der Waals surface area contributed by atoms with Gasteiger partial charge in [0.2, 0.25) is 5.91 Å². The minimum absolute atomic E-state index is 0.244. The third kappa shape index (κ3) is 3.33. The lowest BCUT2D eigenvalue weighted by atomic mass is 9.91. The average molecular weight is 330 g/mol. The summed E-state index contributed by atoms with van der Waals surface area (Å²) in [6, 6.07) is 3.96. The highest BCUT2D eigenvalue weighted by molar-refractivity contribution is 5.82. The molecule has 2 aliphatic heterocycles. The molecule has 0 bridgehead atoms. The smallest absolute Gasteiger partial charge is 0.226 e. The largest absolute Gasteiger partial charge is 0.377 e. The van der Waals surface area contributed by atoms with Gasteiger partial charge in [0, 0.05) is 43.9 Å². The molecule has 0 spiro atoms. The zero-order chi connectivity index (χ0) is 16.5. The predicted molar refractivity (Wildman–Crippen MR) is 89.1 cm³/mol. The maximum absolute atomic E-state index is 12.4. The standard InChI is InChI=1S/C19H26N2O3/c1-13-8-16(13)19(22)21-9-17-15(12-24-18(17)10-21)4-7-23-11-14-2-5-20-6-3-14/h2-3,5-6,13,15-18H,4,7-12H2,1H3/t13-,15-,16-,17-,18-/m0/s1. The number of carbonyl (C=O) groups excluding carboxylic acids is 1. The van der Waals surface area contributed by atoms with Crippen molar-refractivity contribution in [1.82, 2.24) is 9.88 Å². The van der Waals surface area contributed by atoms with Gasteiger partial charge in [-0.2, -0.15) is 0 Å². The lowest BCUT2D eigenvalue weighted by Crippen LogP contribution is -2.32. The molecule has 24 heavy (non-hydrogen) atoms. The van der Waals surface area contributed by atoms with Gasteiger partial charge in [0.25, 0.3) is 0 Å². The van der Waals surface area contributed by atoms with Crippen molar-refractivity contribution in [2.45, 2.75) is 32.5 Å². The van der Waals surface area contributed by atoms with Crippen molar-refractivity contribution in [3.63, 3.8) is 0 Å². The molecule has 0 unspecified atom stereocenters. The number of ether oxygens (including phenoxy) is 2. The van der Waals surface area contributed by atoms with E-state index in [4.69, 9.17) is 9.47 Å². The number of pyridine rings is 1. The number of rotatable bonds is 6. The van der Waals surface area contributed by atoms with Gasteiger partial charge in [0.15, 0.2) is 0 Å². The SMILES string of the molecule is C[C@H]1C[C@@H]1C(=O)N1C[C@H]2[C@@H](CCOCc3ccncc3)CO[C@H]2C1. The van der Waals surface area contributed by atoms with E-state index in [9.17, 15) is 4.79 Å². The number of likely N-dealkylation sites (tertiary alicyclic amines) is 1. The zero-order valence-corrected chi connectivity index (χ0v) is 14.3. The summed E-state index contributed by atoms with van der Waals surface area (Å²) in [4.78, 5) is 18.5. The first-order valence-electron chi connectivity index (χ1n) is 9.09. The highest BCUT2D eigenvalue weighted by atomic mass is 16.5. The van der Waals surface area contributed by atoms with E-state index in [1.165, 1.54) is 0 Å². The van der Waals surface area contributed by atoms with Crippen molar-refractivity contribution in [2.24, 2.45) is 23.7 Å². The second kappa shape index (κ2) is 6.81. The topological polar surface area (TPSA) is 51.7 Å². The highest BCUT2D eigenvalue weighted by Gasteiger charge is 2.49. The number of fused-ring (bicyclic) bond motifs is 1. The zero-order valence-electron chi connectivity index (χ0n) is 14.3. The quantitative estimate of drug-likeness (QED) is 0.750. The Morgan fingerprint density at radius 3 is 2.92 bits per heavy atom. The molecule has 1 amide bonds. The van der Waals surface area contributed by atoms with Gasteiger partial charge in [-0.1, -0.05) is 6.92 Å². The van der Waals surface area contributed by atoms with Crippen LogP contribution >= 0.6 is 0 Å². The summed E-state index contributed by atoms with van der Waals surface area (Å²) in [7, 11) is 0. The molecule has 0 N–H and O–H groups in total. The van der Waals surface area contributed by atoms with E-state index in [0.717, 1.165) is 44.7 Å². The normalized spacial score (nSPS) is 34.4. The van der Waals surface area contributed by atoms with Crippen LogP contribution in [0.1, 0.15) is 25.3 Å². The average Bonchev–Trinajstić information content (AvgIpc) is 3.02. The van der Waals surface area contributed by atoms with Gasteiger partial charge in [-0.15, -0.1) is 0 Å². The minimum Gasteiger partial charge on any atom is -0.377 e. The molecule has 0 aromatic carbocycles. The van der Waals surface area contributed by atoms with Crippen LogP contribution in [0.25, 0.3) is 0 Å². The number of hydrogen-bond donors (Lipinski definition) is 0. The summed E-state index contributed by atoms with van der Waals surface area (Å²) < 4.78 is 11.8. The third-order valence-corrected chi connectivity index (χ3v) is 5.83. The fraction of sp³-hybridized carbons (Fsp3) is 0.684. The molecule has 3 heterocycles. The number of amides is 1. The van der Waals surface area contributed by atoms with Crippen molar-refractivity contribution in [3.8, 4) is 0 Å². The maximum atomic E-state index is 12.4. The Kier molecular flexibility index (Phi) is 4.55. The van der Waals surface area contributed by atoms with Crippen molar-refractivity contribution >= 4 is 5.91 Å². The molecule has 2 saturated heterocycles. The molecule has 5 heteroatoms. The second-order valence-corrected chi connectivity index (χ2v) is 7.56. The Labute approximate surface area is 143 Å². The van der Waals surface area contributed by atoms with Gasteiger partial charge in [0.05, 0.1) is 19.3 Å². The van der Waals surface area contributed by atoms with Gasteiger partial charge >= 0.3 is 0 Å². The van der Waals surface area contributed by atoms with Gasteiger partial charge < -0.3 is 14.4 Å². The van der Waals surface area contributed by atoms with Crippen molar-refractivity contribution in [1.29, 1.82) is 0 Å². The van der Waals surface area contributed by atoms with Crippen molar-refractivity contribution < 1.29 is 14.3 Å². The summed E-state index contributed by atoms with van der Waals surface area (Å²) >= 11 is 0. The lowest BCUT2D eigenvalue weighted by Gasteiger charge is -2.20. The van der Waals surface area contributed by atoms with Crippen molar-refractivity contribution in [3.05, 3.63) is 30.1 Å². The summed E-state index contributed by atoms with van der Waals surface area (Å²) in [5.74, 6) is 2.23. The van der Waals surface area contributed by atoms with Gasteiger partial charge in [-0.25, -0.2) is 0 Å². The number of carbonyl (C=O) groups is 1. The molecule has 3 fully saturated rings. The fourth-order valence-corrected chi connectivity index (χ4v) is 4.08. The van der Waals surface area contributed by atoms with Gasteiger partial charge in [0.1, 0.15) is 0 Å². The molecule has 1 saturated carbocycles. The van der Waals surface area contributed by atoms with Crippen molar-refractivity contribution in [2.75, 3.05) is 26.3 Å². The van der Waals surface area contributed by atoms with Crippen LogP contribution < -0.4 is 0 Å². The van der Waals surface area contributed by atoms with E-state index < -0.39 is 0 Å². The Bertz CT molecular complexity index is 579. The Balaban J connectivity index is 1.22. The van der Waals surface area contributed by atoms with Crippen LogP contribution in [0.15, 0.2) is 24.5 Å². The number of aromatic nitrogens is 1. The van der Waals surface area contributed by atoms with E-state index in [1.807, 2.05) is 17.0 Å². The molecule has 4 rings (SSSR count). The Morgan fingerprint density at radius 2 is 2.17 bits per heavy atom. The van der Waals surface area contributed by atoms with E-state index in [0.29, 0.717) is 30.3 Å². The molecule has 5 atom stereocenters. The van der Waals surface area contributed by atoms with Crippen LogP contribution in [0.5, 0.6) is 0 Å². The summed E-state index contributed by atoms with van der Waals surface area (Å²) in [6.07, 6.45) is 5.90. The van der Waals surface area contributed by atoms with Crippen LogP contribution in [0.2, 0.25) is 0 Å². The van der Waals surface area contributed by atoms with Gasteiger partial charge in [-0.3, -0.25) is 9.78 Å². The van der Waals surface area contributed by atoms with Crippen LogP contribution in [-0.4, -0.2) is 48.2 Å². The molecule has 1 aromatic rings. The lowest BCUT2D eigenvalue weighted by molar-refractivity contribution is -0.132. The summed E-state index contributed by atoms with van der Waals surface area (Å²) in [6.45, 7) is 6.03. The van der Waals surface area contributed by atoms with Crippen LogP contribution in [0.4, 0.5) is 0 Å². The monoisotopic (exact) mass is 330 g/mol. The van der Waals surface area contributed by atoms with Crippen LogP contribution in [0.3, 0.4) is 0 Å². The molecular formula is C19H26N2O3. The number of nitrogens with zero attached hydrogens (tertiary/aromatic N) is 2. The molecule has 5 nitrogen and oxygen atoms in total. The van der Waals surface area contributed by atoms with E-state index in [-0.39, 0.29) is 12.0 Å². The molecule has 1 aromatic heterocycles. The van der Waals surface area contributed by atoms with E-state index in [1.54, 1.807) is 12.4 Å².